The maximum Gasteiger partial charge on any atom is 0.336 e. The highest BCUT2D eigenvalue weighted by molar-refractivity contribution is 6.01. The summed E-state index contributed by atoms with van der Waals surface area (Å²) in [6, 6.07) is 25.1. The van der Waals surface area contributed by atoms with Gasteiger partial charge in [0.15, 0.2) is 0 Å². The molecule has 0 saturated carbocycles. The second kappa shape index (κ2) is 10.5. The number of aromatic hydroxyl groups is 1. The summed E-state index contributed by atoms with van der Waals surface area (Å²) in [5.41, 5.74) is 6.09. The molecule has 0 saturated heterocycles. The molecule has 2 N–H and O–H groups in total. The maximum absolute atomic E-state index is 12.3. The van der Waals surface area contributed by atoms with Crippen molar-refractivity contribution in [2.45, 2.75) is 33.1 Å². The lowest BCUT2D eigenvalue weighted by Crippen LogP contribution is -2.29. The smallest absolute Gasteiger partial charge is 0.336 e. The van der Waals surface area contributed by atoms with Crippen molar-refractivity contribution in [3.05, 3.63) is 107 Å². The summed E-state index contributed by atoms with van der Waals surface area (Å²) in [4.78, 5) is 12.3. The third kappa shape index (κ3) is 4.58. The van der Waals surface area contributed by atoms with Crippen LogP contribution in [0.1, 0.15) is 53.9 Å². The molecule has 6 rings (SSSR count). The standard InChI is InChI=1S/C35H31NO4/c1-3-36(4-2)26-15-17-30-32(21-26)40-34-25(19-22-12-13-24-20-27(37)16-14-23(24)18-22)8-7-11-31(34)33(30)28-9-5-6-10-29(28)35(38)39/h5-6,9-10,12-21H,3-4,7-8,11H2,1-2H3,(H,38,39)/p+1. The Morgan fingerprint density at radius 2 is 1.68 bits per heavy atom. The molecule has 1 aliphatic heterocycles. The Bertz CT molecular complexity index is 1840. The van der Waals surface area contributed by atoms with E-state index in [4.69, 9.17) is 4.42 Å². The first-order chi connectivity index (χ1) is 19.5. The summed E-state index contributed by atoms with van der Waals surface area (Å²) < 4.78 is 9.02. The molecule has 0 fully saturated rings. The Balaban J connectivity index is 1.63. The van der Waals surface area contributed by atoms with E-state index in [-0.39, 0.29) is 5.75 Å². The van der Waals surface area contributed by atoms with Crippen LogP contribution in [0.3, 0.4) is 0 Å². The minimum atomic E-state index is -0.938. The molecule has 0 bridgehead atoms. The van der Waals surface area contributed by atoms with Crippen LogP contribution in [0, 0.1) is 0 Å². The van der Waals surface area contributed by atoms with Gasteiger partial charge in [-0.2, -0.15) is 0 Å². The maximum atomic E-state index is 12.3. The van der Waals surface area contributed by atoms with Crippen molar-refractivity contribution >= 4 is 28.4 Å². The van der Waals surface area contributed by atoms with Gasteiger partial charge in [-0.3, -0.25) is 0 Å². The number of aromatic carboxylic acids is 1. The topological polar surface area (TPSA) is 73.7 Å². The number of fused-ring (bicyclic) bond motifs is 3. The van der Waals surface area contributed by atoms with Crippen molar-refractivity contribution < 1.29 is 19.4 Å². The quantitative estimate of drug-likeness (QED) is 0.234. The molecular formula is C35H32NO4+. The van der Waals surface area contributed by atoms with Gasteiger partial charge < -0.3 is 14.6 Å². The summed E-state index contributed by atoms with van der Waals surface area (Å²) >= 11 is 0. The van der Waals surface area contributed by atoms with Crippen molar-refractivity contribution in [2.75, 3.05) is 13.1 Å². The molecule has 200 valence electrons. The minimum Gasteiger partial charge on any atom is -0.508 e. The summed E-state index contributed by atoms with van der Waals surface area (Å²) in [5, 5.41) is 23.0. The molecule has 5 heteroatoms. The molecule has 0 spiro atoms. The molecule has 40 heavy (non-hydrogen) atoms. The number of rotatable bonds is 5. The lowest BCUT2D eigenvalue weighted by Gasteiger charge is -2.25. The van der Waals surface area contributed by atoms with E-state index >= 15 is 0 Å². The van der Waals surface area contributed by atoms with Crippen LogP contribution in [0.4, 0.5) is 0 Å². The third-order valence-electron chi connectivity index (χ3n) is 7.93. The Hall–Kier alpha value is -4.64. The number of hydrogen-bond acceptors (Lipinski definition) is 3. The number of phenolic OH excluding ortho intramolecular Hbond substituents is 1. The van der Waals surface area contributed by atoms with Gasteiger partial charge in [-0.05, 0) is 97.0 Å². The highest BCUT2D eigenvalue weighted by Gasteiger charge is 2.28. The number of carboxylic acids is 1. The number of nitrogens with zero attached hydrogens (tertiary/aromatic N) is 1. The lowest BCUT2D eigenvalue weighted by atomic mass is 9.82. The second-order valence-corrected chi connectivity index (χ2v) is 10.3. The van der Waals surface area contributed by atoms with Crippen molar-refractivity contribution in [3.63, 3.8) is 0 Å². The average Bonchev–Trinajstić information content (AvgIpc) is 2.97. The van der Waals surface area contributed by atoms with Crippen molar-refractivity contribution in [3.8, 4) is 28.2 Å². The van der Waals surface area contributed by atoms with Crippen molar-refractivity contribution in [1.82, 2.24) is 4.58 Å². The lowest BCUT2D eigenvalue weighted by molar-refractivity contribution is 0.0697. The number of carboxylic acid groups (broad SMARTS) is 1. The third-order valence-corrected chi connectivity index (χ3v) is 7.93. The Morgan fingerprint density at radius 1 is 0.900 bits per heavy atom. The number of allylic oxidation sites excluding steroid dienone is 1. The fraction of sp³-hybridized carbons (Fsp3) is 0.200. The SMILES string of the molecule is CC[N+](CC)=c1ccc2c(-c3ccccc3C(=O)O)c3c(oc-2c1)/C(=C/c1ccc2cc(O)ccc2c1)CCC3. The van der Waals surface area contributed by atoms with Crippen LogP contribution in [-0.2, 0) is 6.42 Å². The van der Waals surface area contributed by atoms with Gasteiger partial charge in [-0.15, -0.1) is 0 Å². The fourth-order valence-electron chi connectivity index (χ4n) is 5.98. The van der Waals surface area contributed by atoms with E-state index in [9.17, 15) is 15.0 Å². The number of benzene rings is 4. The Kier molecular flexibility index (Phi) is 6.72. The highest BCUT2D eigenvalue weighted by Crippen LogP contribution is 2.45. The molecule has 3 aliphatic rings. The number of hydrogen-bond donors (Lipinski definition) is 2. The van der Waals surface area contributed by atoms with E-state index in [1.807, 2.05) is 24.3 Å². The van der Waals surface area contributed by atoms with Gasteiger partial charge in [0, 0.05) is 22.8 Å². The van der Waals surface area contributed by atoms with Gasteiger partial charge in [0.2, 0.25) is 5.36 Å². The molecule has 0 aromatic heterocycles. The van der Waals surface area contributed by atoms with Crippen LogP contribution >= 0.6 is 0 Å². The molecule has 1 heterocycles. The highest BCUT2D eigenvalue weighted by atomic mass is 16.4. The van der Waals surface area contributed by atoms with Gasteiger partial charge in [-0.25, -0.2) is 9.37 Å². The minimum absolute atomic E-state index is 0.253. The zero-order valence-corrected chi connectivity index (χ0v) is 22.8. The van der Waals surface area contributed by atoms with Gasteiger partial charge in [0.1, 0.15) is 30.4 Å². The first kappa shape index (κ1) is 25.6. The molecule has 3 aromatic rings. The van der Waals surface area contributed by atoms with E-state index in [1.54, 1.807) is 24.3 Å². The van der Waals surface area contributed by atoms with Crippen LogP contribution in [0.15, 0.2) is 83.3 Å². The summed E-state index contributed by atoms with van der Waals surface area (Å²) in [7, 11) is 0. The summed E-state index contributed by atoms with van der Waals surface area (Å²) in [6.07, 6.45) is 4.80. The molecule has 2 aliphatic carbocycles. The van der Waals surface area contributed by atoms with Crippen LogP contribution in [-0.4, -0.2) is 29.3 Å². The van der Waals surface area contributed by atoms with Crippen LogP contribution in [0.5, 0.6) is 5.75 Å². The van der Waals surface area contributed by atoms with Crippen molar-refractivity contribution in [1.29, 1.82) is 0 Å². The monoisotopic (exact) mass is 530 g/mol. The molecule has 0 radical (unpaired) electrons. The molecule has 5 nitrogen and oxygen atoms in total. The van der Waals surface area contributed by atoms with Crippen molar-refractivity contribution in [2.24, 2.45) is 0 Å². The second-order valence-electron chi connectivity index (χ2n) is 10.3. The largest absolute Gasteiger partial charge is 0.508 e. The summed E-state index contributed by atoms with van der Waals surface area (Å²) in [5.74, 6) is 0.896. The summed E-state index contributed by atoms with van der Waals surface area (Å²) in [6.45, 7) is 6.04. The van der Waals surface area contributed by atoms with E-state index in [0.29, 0.717) is 5.56 Å². The molecule has 0 amide bonds. The predicted molar refractivity (Wildman–Crippen MR) is 160 cm³/mol. The number of carbonyl (C=O) groups is 1. The van der Waals surface area contributed by atoms with Gasteiger partial charge >= 0.3 is 5.97 Å². The van der Waals surface area contributed by atoms with Crippen LogP contribution in [0.2, 0.25) is 0 Å². The van der Waals surface area contributed by atoms with E-state index in [1.165, 1.54) is 0 Å². The van der Waals surface area contributed by atoms with E-state index in [2.05, 4.69) is 54.8 Å². The zero-order valence-electron chi connectivity index (χ0n) is 22.8. The Labute approximate surface area is 233 Å². The van der Waals surface area contributed by atoms with E-state index in [0.717, 1.165) is 93.4 Å². The average molecular weight is 531 g/mol. The molecule has 0 atom stereocenters. The predicted octanol–water partition coefficient (Wildman–Crippen LogP) is 7.30. The van der Waals surface area contributed by atoms with Crippen LogP contribution in [0.25, 0.3) is 44.9 Å². The molecular weight excluding hydrogens is 498 g/mol. The van der Waals surface area contributed by atoms with E-state index < -0.39 is 5.97 Å². The van der Waals surface area contributed by atoms with Gasteiger partial charge in [-0.1, -0.05) is 36.4 Å². The number of phenols is 1. The first-order valence-corrected chi connectivity index (χ1v) is 13.9. The van der Waals surface area contributed by atoms with Crippen LogP contribution < -0.4 is 9.93 Å². The fourth-order valence-corrected chi connectivity index (χ4v) is 5.98. The van der Waals surface area contributed by atoms with Gasteiger partial charge in [0.25, 0.3) is 0 Å². The first-order valence-electron chi connectivity index (χ1n) is 13.9. The zero-order chi connectivity index (χ0) is 27.8. The molecule has 3 aromatic carbocycles. The normalized spacial score (nSPS) is 14.0. The Morgan fingerprint density at radius 3 is 2.48 bits per heavy atom. The molecule has 0 unspecified atom stereocenters. The van der Waals surface area contributed by atoms with Gasteiger partial charge in [0.05, 0.1) is 11.6 Å².